The lowest BCUT2D eigenvalue weighted by Crippen LogP contribution is -2.12. The molecule has 1 aromatic carbocycles. The van der Waals surface area contributed by atoms with E-state index in [2.05, 4.69) is 11.4 Å². The maximum Gasteiger partial charge on any atom is 0.256 e. The van der Waals surface area contributed by atoms with Gasteiger partial charge in [-0.25, -0.2) is 8.42 Å². The second-order valence-corrected chi connectivity index (χ2v) is 9.26. The first-order valence-electron chi connectivity index (χ1n) is 8.06. The van der Waals surface area contributed by atoms with Crippen molar-refractivity contribution >= 4 is 32.1 Å². The van der Waals surface area contributed by atoms with Gasteiger partial charge in [0.25, 0.3) is 5.91 Å². The Kier molecular flexibility index (Phi) is 4.93. The summed E-state index contributed by atoms with van der Waals surface area (Å²) < 4.78 is 23.3. The molecule has 0 unspecified atom stereocenters. The number of nitrogens with one attached hydrogen (secondary N) is 1. The third-order valence-electron chi connectivity index (χ3n) is 4.28. The van der Waals surface area contributed by atoms with Crippen molar-refractivity contribution in [2.45, 2.75) is 37.0 Å². The highest BCUT2D eigenvalue weighted by molar-refractivity contribution is 7.90. The molecule has 0 atom stereocenters. The SMILES string of the molecule is CS(=O)(=O)c1cccc(C(=O)Nc2sc3c(c2C#N)CCCCC3)c1. The summed E-state index contributed by atoms with van der Waals surface area (Å²) in [5.74, 6) is -0.404. The van der Waals surface area contributed by atoms with Crippen molar-refractivity contribution < 1.29 is 13.2 Å². The molecule has 1 aliphatic rings. The minimum Gasteiger partial charge on any atom is -0.312 e. The molecular formula is C18H18N2O3S2. The lowest BCUT2D eigenvalue weighted by Gasteiger charge is -2.06. The Morgan fingerprint density at radius 3 is 2.72 bits per heavy atom. The smallest absolute Gasteiger partial charge is 0.256 e. The van der Waals surface area contributed by atoms with Crippen molar-refractivity contribution in [2.24, 2.45) is 0 Å². The average molecular weight is 374 g/mol. The molecule has 7 heteroatoms. The molecule has 1 heterocycles. The van der Waals surface area contributed by atoms with Crippen LogP contribution in [0.15, 0.2) is 29.2 Å². The highest BCUT2D eigenvalue weighted by Gasteiger charge is 2.21. The van der Waals surface area contributed by atoms with Crippen LogP contribution in [0, 0.1) is 11.3 Å². The number of aryl methyl sites for hydroxylation is 1. The van der Waals surface area contributed by atoms with Crippen LogP contribution in [0.25, 0.3) is 0 Å². The molecule has 3 rings (SSSR count). The van der Waals surface area contributed by atoms with Crippen molar-refractivity contribution in [3.63, 3.8) is 0 Å². The van der Waals surface area contributed by atoms with Crippen LogP contribution < -0.4 is 5.32 Å². The van der Waals surface area contributed by atoms with Crippen molar-refractivity contribution in [3.05, 3.63) is 45.8 Å². The predicted molar refractivity (Wildman–Crippen MR) is 97.8 cm³/mol. The maximum atomic E-state index is 12.5. The highest BCUT2D eigenvalue weighted by Crippen LogP contribution is 2.37. The number of nitrogens with zero attached hydrogens (tertiary/aromatic N) is 1. The molecule has 0 aliphatic heterocycles. The first-order chi connectivity index (χ1) is 11.9. The average Bonchev–Trinajstić information content (AvgIpc) is 2.74. The van der Waals surface area contributed by atoms with Crippen LogP contribution >= 0.6 is 11.3 Å². The number of amides is 1. The summed E-state index contributed by atoms with van der Waals surface area (Å²) in [7, 11) is -3.38. The number of thiophene rings is 1. The second-order valence-electron chi connectivity index (χ2n) is 6.13. The number of rotatable bonds is 3. The molecule has 1 aromatic heterocycles. The number of fused-ring (bicyclic) bond motifs is 1. The zero-order valence-corrected chi connectivity index (χ0v) is 15.5. The lowest BCUT2D eigenvalue weighted by molar-refractivity contribution is 0.102. The standard InChI is InChI=1S/C18H18N2O3S2/c1-25(22,23)13-7-5-6-12(10-13)17(21)20-18-15(11-19)14-8-3-2-4-9-16(14)24-18/h5-7,10H,2-4,8-9H2,1H3,(H,20,21). The van der Waals surface area contributed by atoms with Gasteiger partial charge in [-0.3, -0.25) is 4.79 Å². The van der Waals surface area contributed by atoms with Gasteiger partial charge < -0.3 is 5.32 Å². The van der Waals surface area contributed by atoms with Crippen LogP contribution in [0.3, 0.4) is 0 Å². The van der Waals surface area contributed by atoms with Crippen LogP contribution in [0.1, 0.15) is 45.6 Å². The van der Waals surface area contributed by atoms with Crippen molar-refractivity contribution in [3.8, 4) is 6.07 Å². The van der Waals surface area contributed by atoms with Crippen LogP contribution in [0.5, 0.6) is 0 Å². The number of carbonyl (C=O) groups is 1. The summed E-state index contributed by atoms with van der Waals surface area (Å²) in [5.41, 5.74) is 1.87. The number of sulfone groups is 1. The first kappa shape index (κ1) is 17.6. The monoisotopic (exact) mass is 374 g/mol. The van der Waals surface area contributed by atoms with Gasteiger partial charge in [-0.2, -0.15) is 5.26 Å². The van der Waals surface area contributed by atoms with E-state index >= 15 is 0 Å². The number of carbonyl (C=O) groups excluding carboxylic acids is 1. The Morgan fingerprint density at radius 1 is 1.24 bits per heavy atom. The molecule has 5 nitrogen and oxygen atoms in total. The van der Waals surface area contributed by atoms with E-state index in [1.54, 1.807) is 12.1 Å². The second kappa shape index (κ2) is 6.98. The lowest BCUT2D eigenvalue weighted by atomic mass is 10.1. The Balaban J connectivity index is 1.91. The van der Waals surface area contributed by atoms with Gasteiger partial charge in [0, 0.05) is 16.7 Å². The Bertz CT molecular complexity index is 969. The largest absolute Gasteiger partial charge is 0.312 e. The van der Waals surface area contributed by atoms with Crippen LogP contribution in [-0.2, 0) is 22.7 Å². The molecule has 1 N–H and O–H groups in total. The molecule has 0 bridgehead atoms. The number of anilines is 1. The number of nitriles is 1. The van der Waals surface area contributed by atoms with E-state index in [0.29, 0.717) is 10.6 Å². The third-order valence-corrected chi connectivity index (χ3v) is 6.60. The van der Waals surface area contributed by atoms with Gasteiger partial charge >= 0.3 is 0 Å². The number of hydrogen-bond donors (Lipinski definition) is 1. The van der Waals surface area contributed by atoms with E-state index in [0.717, 1.165) is 43.9 Å². The molecule has 1 amide bonds. The summed E-state index contributed by atoms with van der Waals surface area (Å²) in [4.78, 5) is 13.8. The highest BCUT2D eigenvalue weighted by atomic mass is 32.2. The zero-order valence-electron chi connectivity index (χ0n) is 13.8. The van der Waals surface area contributed by atoms with E-state index < -0.39 is 15.7 Å². The third kappa shape index (κ3) is 3.75. The quantitative estimate of drug-likeness (QED) is 0.833. The van der Waals surface area contributed by atoms with E-state index in [1.807, 2.05) is 0 Å². The molecular weight excluding hydrogens is 356 g/mol. The topological polar surface area (TPSA) is 87.0 Å². The zero-order chi connectivity index (χ0) is 18.0. The normalized spacial score (nSPS) is 14.2. The summed E-state index contributed by atoms with van der Waals surface area (Å²) in [6.07, 6.45) is 6.23. The van der Waals surface area contributed by atoms with Crippen LogP contribution in [0.2, 0.25) is 0 Å². The minimum absolute atomic E-state index is 0.0996. The number of hydrogen-bond acceptors (Lipinski definition) is 5. The summed E-state index contributed by atoms with van der Waals surface area (Å²) >= 11 is 1.46. The number of benzene rings is 1. The minimum atomic E-state index is -3.38. The molecule has 25 heavy (non-hydrogen) atoms. The molecule has 0 saturated heterocycles. The fraction of sp³-hybridized carbons (Fsp3) is 0.333. The molecule has 0 saturated carbocycles. The molecule has 0 fully saturated rings. The molecule has 2 aromatic rings. The van der Waals surface area contributed by atoms with E-state index in [4.69, 9.17) is 0 Å². The fourth-order valence-electron chi connectivity index (χ4n) is 2.99. The van der Waals surface area contributed by atoms with Gasteiger partial charge in [-0.1, -0.05) is 12.5 Å². The molecule has 0 radical (unpaired) electrons. The molecule has 0 spiro atoms. The molecule has 1 aliphatic carbocycles. The van der Waals surface area contributed by atoms with Crippen molar-refractivity contribution in [2.75, 3.05) is 11.6 Å². The Labute approximate surface area is 151 Å². The van der Waals surface area contributed by atoms with Gasteiger partial charge in [0.1, 0.15) is 11.1 Å². The Hall–Kier alpha value is -2.17. The van der Waals surface area contributed by atoms with E-state index in [1.165, 1.54) is 28.3 Å². The first-order valence-corrected chi connectivity index (χ1v) is 10.8. The van der Waals surface area contributed by atoms with Crippen LogP contribution in [-0.4, -0.2) is 20.6 Å². The van der Waals surface area contributed by atoms with Gasteiger partial charge in [0.2, 0.25) is 0 Å². The van der Waals surface area contributed by atoms with Crippen molar-refractivity contribution in [1.82, 2.24) is 0 Å². The summed E-state index contributed by atoms with van der Waals surface area (Å²) in [6.45, 7) is 0. The van der Waals surface area contributed by atoms with Gasteiger partial charge in [-0.15, -0.1) is 11.3 Å². The summed E-state index contributed by atoms with van der Waals surface area (Å²) in [5, 5.41) is 12.9. The van der Waals surface area contributed by atoms with Crippen molar-refractivity contribution in [1.29, 1.82) is 5.26 Å². The maximum absolute atomic E-state index is 12.5. The Morgan fingerprint density at radius 2 is 2.00 bits per heavy atom. The molecule has 130 valence electrons. The van der Waals surface area contributed by atoms with E-state index in [9.17, 15) is 18.5 Å². The van der Waals surface area contributed by atoms with Gasteiger partial charge in [0.05, 0.1) is 10.5 Å². The van der Waals surface area contributed by atoms with Gasteiger partial charge in [0.15, 0.2) is 9.84 Å². The summed E-state index contributed by atoms with van der Waals surface area (Å²) in [6, 6.07) is 8.14. The van der Waals surface area contributed by atoms with E-state index in [-0.39, 0.29) is 10.5 Å². The predicted octanol–water partition coefficient (Wildman–Crippen LogP) is 3.54. The van der Waals surface area contributed by atoms with Gasteiger partial charge in [-0.05, 0) is 49.4 Å². The van der Waals surface area contributed by atoms with Crippen LogP contribution in [0.4, 0.5) is 5.00 Å². The fourth-order valence-corrected chi connectivity index (χ4v) is 4.89.